The van der Waals surface area contributed by atoms with Gasteiger partial charge in [0.2, 0.25) is 0 Å². The minimum Gasteiger partial charge on any atom is -0.319 e. The summed E-state index contributed by atoms with van der Waals surface area (Å²) in [6.45, 7) is 2.80. The van der Waals surface area contributed by atoms with Crippen LogP contribution in [0.4, 0.5) is 0 Å². The van der Waals surface area contributed by atoms with E-state index in [4.69, 9.17) is 0 Å². The molecule has 0 saturated heterocycles. The Labute approximate surface area is 108 Å². The van der Waals surface area contributed by atoms with Crippen LogP contribution in [-0.2, 0) is 13.6 Å². The van der Waals surface area contributed by atoms with E-state index in [1.165, 1.54) is 0 Å². The number of thiazole rings is 1. The summed E-state index contributed by atoms with van der Waals surface area (Å²) in [7, 11) is 1.94. The monoisotopic (exact) mass is 262 g/mol. The maximum atomic E-state index is 4.52. The molecule has 0 aliphatic rings. The van der Waals surface area contributed by atoms with Crippen molar-refractivity contribution in [2.75, 3.05) is 0 Å². The number of hydrogen-bond acceptors (Lipinski definition) is 5. The Hall–Kier alpha value is -1.73. The molecule has 0 amide bonds. The van der Waals surface area contributed by atoms with Crippen molar-refractivity contribution < 1.29 is 0 Å². The van der Waals surface area contributed by atoms with Gasteiger partial charge in [-0.15, -0.1) is 21.5 Å². The third-order valence-corrected chi connectivity index (χ3v) is 3.64. The number of aryl methyl sites for hydroxylation is 1. The molecule has 7 heteroatoms. The van der Waals surface area contributed by atoms with Crippen LogP contribution in [0.3, 0.4) is 0 Å². The van der Waals surface area contributed by atoms with Gasteiger partial charge in [0.25, 0.3) is 0 Å². The Morgan fingerprint density at radius 2 is 2.39 bits per heavy atom. The predicted molar refractivity (Wildman–Crippen MR) is 69.3 cm³/mol. The normalized spacial score (nSPS) is 13.2. The van der Waals surface area contributed by atoms with E-state index in [9.17, 15) is 0 Å². The Morgan fingerprint density at radius 1 is 1.50 bits per heavy atom. The van der Waals surface area contributed by atoms with Gasteiger partial charge in [-0.2, -0.15) is 0 Å². The molecule has 3 aromatic heterocycles. The first-order valence-electron chi connectivity index (χ1n) is 5.72. The van der Waals surface area contributed by atoms with Crippen LogP contribution in [0.5, 0.6) is 0 Å². The molecule has 3 heterocycles. The first-order chi connectivity index (χ1) is 8.74. The van der Waals surface area contributed by atoms with Crippen molar-refractivity contribution >= 4 is 16.3 Å². The fraction of sp³-hybridized carbons (Fsp3) is 0.364. The number of hydrogen-bond donors (Lipinski definition) is 1. The number of imidazole rings is 1. The minimum absolute atomic E-state index is 0.150. The molecule has 1 atom stereocenters. The highest BCUT2D eigenvalue weighted by atomic mass is 32.1. The molecule has 1 N–H and O–H groups in total. The van der Waals surface area contributed by atoms with Gasteiger partial charge in [-0.05, 0) is 6.92 Å². The van der Waals surface area contributed by atoms with Crippen LogP contribution in [0.2, 0.25) is 0 Å². The van der Waals surface area contributed by atoms with E-state index in [0.717, 1.165) is 23.0 Å². The molecule has 0 radical (unpaired) electrons. The topological polar surface area (TPSA) is 60.0 Å². The summed E-state index contributed by atoms with van der Waals surface area (Å²) in [5.41, 5.74) is 1.04. The third kappa shape index (κ3) is 2.02. The van der Waals surface area contributed by atoms with Gasteiger partial charge in [-0.1, -0.05) is 0 Å². The number of aromatic nitrogens is 5. The van der Waals surface area contributed by atoms with Crippen molar-refractivity contribution in [1.29, 1.82) is 0 Å². The highest BCUT2D eigenvalue weighted by molar-refractivity contribution is 7.15. The summed E-state index contributed by atoms with van der Waals surface area (Å²) < 4.78 is 3.96. The first kappa shape index (κ1) is 11.4. The lowest BCUT2D eigenvalue weighted by atomic mass is 10.3. The minimum atomic E-state index is 0.150. The van der Waals surface area contributed by atoms with Crippen molar-refractivity contribution in [2.45, 2.75) is 19.5 Å². The van der Waals surface area contributed by atoms with Crippen molar-refractivity contribution in [3.63, 3.8) is 0 Å². The summed E-state index contributed by atoms with van der Waals surface area (Å²) in [5.74, 6) is 0.927. The summed E-state index contributed by atoms with van der Waals surface area (Å²) in [6, 6.07) is 0.150. The summed E-state index contributed by atoms with van der Waals surface area (Å²) in [4.78, 5) is 5.55. The average Bonchev–Trinajstić information content (AvgIpc) is 3.00. The zero-order valence-electron chi connectivity index (χ0n) is 10.2. The maximum absolute atomic E-state index is 4.52. The molecule has 0 aliphatic carbocycles. The molecule has 0 spiro atoms. The van der Waals surface area contributed by atoms with Crippen molar-refractivity contribution in [1.82, 2.24) is 29.5 Å². The van der Waals surface area contributed by atoms with E-state index in [2.05, 4.69) is 27.4 Å². The highest BCUT2D eigenvalue weighted by Gasteiger charge is 2.11. The summed E-state index contributed by atoms with van der Waals surface area (Å²) >= 11 is 1.64. The van der Waals surface area contributed by atoms with Gasteiger partial charge in [0.15, 0.2) is 4.96 Å². The molecule has 0 aliphatic heterocycles. The van der Waals surface area contributed by atoms with Gasteiger partial charge in [0, 0.05) is 31.4 Å². The van der Waals surface area contributed by atoms with Gasteiger partial charge in [0.05, 0.1) is 11.7 Å². The SMILES string of the molecule is CC(NCc1cn2ccsc2n1)c1nncn1C. The predicted octanol–water partition coefficient (Wildman–Crippen LogP) is 1.38. The van der Waals surface area contributed by atoms with Crippen molar-refractivity contribution in [3.8, 4) is 0 Å². The second-order valence-corrected chi connectivity index (χ2v) is 5.10. The molecular weight excluding hydrogens is 248 g/mol. The van der Waals surface area contributed by atoms with Crippen LogP contribution in [-0.4, -0.2) is 24.1 Å². The number of rotatable bonds is 4. The van der Waals surface area contributed by atoms with Gasteiger partial charge in [0.1, 0.15) is 12.2 Å². The van der Waals surface area contributed by atoms with Crippen LogP contribution in [0.25, 0.3) is 4.96 Å². The van der Waals surface area contributed by atoms with Crippen molar-refractivity contribution in [2.24, 2.45) is 7.05 Å². The van der Waals surface area contributed by atoms with Gasteiger partial charge >= 0.3 is 0 Å². The fourth-order valence-corrected chi connectivity index (χ4v) is 2.61. The van der Waals surface area contributed by atoms with E-state index in [1.807, 2.05) is 33.8 Å². The lowest BCUT2D eigenvalue weighted by molar-refractivity contribution is 0.524. The molecule has 18 heavy (non-hydrogen) atoms. The molecule has 94 valence electrons. The summed E-state index contributed by atoms with van der Waals surface area (Å²) in [6.07, 6.45) is 5.77. The third-order valence-electron chi connectivity index (χ3n) is 2.87. The lowest BCUT2D eigenvalue weighted by Crippen LogP contribution is -2.21. The van der Waals surface area contributed by atoms with E-state index < -0.39 is 0 Å². The number of fused-ring (bicyclic) bond motifs is 1. The molecule has 0 fully saturated rings. The van der Waals surface area contributed by atoms with Crippen LogP contribution < -0.4 is 5.32 Å². The second-order valence-electron chi connectivity index (χ2n) is 4.23. The van der Waals surface area contributed by atoms with Crippen molar-refractivity contribution in [3.05, 3.63) is 35.6 Å². The van der Waals surface area contributed by atoms with Crippen LogP contribution in [0, 0.1) is 0 Å². The van der Waals surface area contributed by atoms with Crippen LogP contribution >= 0.6 is 11.3 Å². The Kier molecular flexibility index (Phi) is 2.85. The molecule has 3 rings (SSSR count). The van der Waals surface area contributed by atoms with E-state index in [1.54, 1.807) is 17.7 Å². The van der Waals surface area contributed by atoms with Crippen LogP contribution in [0.15, 0.2) is 24.1 Å². The Morgan fingerprint density at radius 3 is 3.11 bits per heavy atom. The quantitative estimate of drug-likeness (QED) is 0.771. The van der Waals surface area contributed by atoms with E-state index in [0.29, 0.717) is 0 Å². The number of nitrogens with zero attached hydrogens (tertiary/aromatic N) is 5. The number of nitrogens with one attached hydrogen (secondary N) is 1. The molecule has 0 aromatic carbocycles. The van der Waals surface area contributed by atoms with Crippen LogP contribution in [0.1, 0.15) is 24.5 Å². The molecule has 6 nitrogen and oxygen atoms in total. The molecule has 0 saturated carbocycles. The Bertz CT molecular complexity index is 623. The lowest BCUT2D eigenvalue weighted by Gasteiger charge is -2.11. The first-order valence-corrected chi connectivity index (χ1v) is 6.60. The van der Waals surface area contributed by atoms with Gasteiger partial charge < -0.3 is 9.88 Å². The maximum Gasteiger partial charge on any atom is 0.193 e. The van der Waals surface area contributed by atoms with Gasteiger partial charge in [-0.3, -0.25) is 4.40 Å². The zero-order chi connectivity index (χ0) is 12.5. The molecule has 1 unspecified atom stereocenters. The molecule has 0 bridgehead atoms. The Balaban J connectivity index is 1.67. The highest BCUT2D eigenvalue weighted by Crippen LogP contribution is 2.13. The fourth-order valence-electron chi connectivity index (χ4n) is 1.89. The van der Waals surface area contributed by atoms with E-state index >= 15 is 0 Å². The van der Waals surface area contributed by atoms with E-state index in [-0.39, 0.29) is 6.04 Å². The van der Waals surface area contributed by atoms with Gasteiger partial charge in [-0.25, -0.2) is 4.98 Å². The zero-order valence-corrected chi connectivity index (χ0v) is 11.1. The molecular formula is C11H14N6S. The average molecular weight is 262 g/mol. The summed E-state index contributed by atoms with van der Waals surface area (Å²) in [5, 5.41) is 13.4. The molecule has 3 aromatic rings. The standard InChI is InChI=1S/C11H14N6S/c1-8(10-15-13-7-16(10)2)12-5-9-6-17-3-4-18-11(17)14-9/h3-4,6-8,12H,5H2,1-2H3. The second kappa shape index (κ2) is 4.51. The smallest absolute Gasteiger partial charge is 0.193 e. The largest absolute Gasteiger partial charge is 0.319 e.